The van der Waals surface area contributed by atoms with E-state index < -0.39 is 11.9 Å². The van der Waals surface area contributed by atoms with Crippen LogP contribution in [0.4, 0.5) is 4.39 Å². The summed E-state index contributed by atoms with van der Waals surface area (Å²) >= 11 is 5.71. The normalized spacial score (nSPS) is 21.8. The van der Waals surface area contributed by atoms with Gasteiger partial charge in [-0.3, -0.25) is 0 Å². The Morgan fingerprint density at radius 1 is 1.44 bits per heavy atom. The highest BCUT2D eigenvalue weighted by Gasteiger charge is 2.18. The van der Waals surface area contributed by atoms with Gasteiger partial charge >= 0.3 is 0 Å². The summed E-state index contributed by atoms with van der Waals surface area (Å²) in [5.41, 5.74) is 0.852. The zero-order chi connectivity index (χ0) is 13.0. The van der Waals surface area contributed by atoms with Gasteiger partial charge in [0.2, 0.25) is 0 Å². The number of hydrogen-bond acceptors (Lipinski definition) is 2. The molecule has 18 heavy (non-hydrogen) atoms. The Morgan fingerprint density at radius 3 is 2.94 bits per heavy atom. The predicted octanol–water partition coefficient (Wildman–Crippen LogP) is 3.34. The van der Waals surface area contributed by atoms with Crippen molar-refractivity contribution in [1.29, 1.82) is 0 Å². The number of ether oxygens (including phenoxy) is 1. The maximum absolute atomic E-state index is 13.0. The number of aliphatic hydroxyl groups is 1. The lowest BCUT2D eigenvalue weighted by Gasteiger charge is -2.24. The number of benzene rings is 1. The maximum atomic E-state index is 13.0. The highest BCUT2D eigenvalue weighted by atomic mass is 35.5. The average molecular weight is 273 g/mol. The van der Waals surface area contributed by atoms with Crippen molar-refractivity contribution in [3.05, 3.63) is 34.6 Å². The average Bonchev–Trinajstić information content (AvgIpc) is 2.35. The first-order valence-electron chi connectivity index (χ1n) is 6.39. The highest BCUT2D eigenvalue weighted by molar-refractivity contribution is 6.30. The van der Waals surface area contributed by atoms with Crippen LogP contribution in [0.15, 0.2) is 18.2 Å². The molecule has 0 spiro atoms. The summed E-state index contributed by atoms with van der Waals surface area (Å²) in [7, 11) is 0. The molecule has 0 radical (unpaired) electrons. The topological polar surface area (TPSA) is 29.5 Å². The molecule has 1 fully saturated rings. The Balaban J connectivity index is 1.85. The van der Waals surface area contributed by atoms with Gasteiger partial charge in [0, 0.05) is 6.61 Å². The second-order valence-corrected chi connectivity index (χ2v) is 5.24. The first-order chi connectivity index (χ1) is 8.65. The summed E-state index contributed by atoms with van der Waals surface area (Å²) in [5.74, 6) is -0.425. The zero-order valence-corrected chi connectivity index (χ0v) is 11.0. The molecule has 0 aromatic heterocycles. The van der Waals surface area contributed by atoms with Crippen molar-refractivity contribution < 1.29 is 14.2 Å². The molecule has 1 aliphatic heterocycles. The fourth-order valence-electron chi connectivity index (χ4n) is 2.32. The molecule has 1 N–H and O–H groups in total. The Labute approximate surface area is 112 Å². The van der Waals surface area contributed by atoms with Crippen LogP contribution in [0.25, 0.3) is 0 Å². The molecule has 1 aromatic carbocycles. The van der Waals surface area contributed by atoms with Crippen molar-refractivity contribution >= 4 is 11.6 Å². The largest absolute Gasteiger partial charge is 0.393 e. The van der Waals surface area contributed by atoms with Crippen molar-refractivity contribution in [1.82, 2.24) is 0 Å². The van der Waals surface area contributed by atoms with Crippen molar-refractivity contribution in [3.63, 3.8) is 0 Å². The molecule has 2 nitrogen and oxygen atoms in total. The number of aliphatic hydroxyl groups excluding tert-OH is 1. The molecule has 1 aromatic rings. The van der Waals surface area contributed by atoms with E-state index in [4.69, 9.17) is 16.3 Å². The second-order valence-electron chi connectivity index (χ2n) is 4.83. The van der Waals surface area contributed by atoms with Gasteiger partial charge in [0.05, 0.1) is 17.2 Å². The summed E-state index contributed by atoms with van der Waals surface area (Å²) < 4.78 is 18.6. The van der Waals surface area contributed by atoms with Crippen molar-refractivity contribution in [2.75, 3.05) is 6.61 Å². The second kappa shape index (κ2) is 6.50. The fraction of sp³-hybridized carbons (Fsp3) is 0.571. The molecule has 100 valence electrons. The smallest absolute Gasteiger partial charge is 0.141 e. The summed E-state index contributed by atoms with van der Waals surface area (Å²) in [4.78, 5) is 0. The molecule has 0 amide bonds. The van der Waals surface area contributed by atoms with E-state index >= 15 is 0 Å². The van der Waals surface area contributed by atoms with Crippen LogP contribution in [0.5, 0.6) is 0 Å². The lowest BCUT2D eigenvalue weighted by molar-refractivity contribution is -0.0147. The SMILES string of the molecule is OC(Cc1ccc(F)c(Cl)c1)CC1CCCCO1. The van der Waals surface area contributed by atoms with E-state index in [2.05, 4.69) is 0 Å². The molecule has 0 saturated carbocycles. The molecule has 0 bridgehead atoms. The van der Waals surface area contributed by atoms with Crippen LogP contribution in [0.2, 0.25) is 5.02 Å². The first-order valence-corrected chi connectivity index (χ1v) is 6.76. The molecule has 1 heterocycles. The van der Waals surface area contributed by atoms with E-state index in [1.54, 1.807) is 12.1 Å². The van der Waals surface area contributed by atoms with Gasteiger partial charge in [0.25, 0.3) is 0 Å². The third kappa shape index (κ3) is 3.94. The summed E-state index contributed by atoms with van der Waals surface area (Å²) in [6, 6.07) is 4.56. The van der Waals surface area contributed by atoms with Crippen LogP contribution < -0.4 is 0 Å². The molecule has 1 aliphatic rings. The summed E-state index contributed by atoms with van der Waals surface area (Å²) in [6.45, 7) is 0.791. The highest BCUT2D eigenvalue weighted by Crippen LogP contribution is 2.21. The van der Waals surface area contributed by atoms with Gasteiger partial charge in [-0.1, -0.05) is 17.7 Å². The minimum Gasteiger partial charge on any atom is -0.393 e. The van der Waals surface area contributed by atoms with Crippen LogP contribution in [0.1, 0.15) is 31.2 Å². The summed E-state index contributed by atoms with van der Waals surface area (Å²) in [5, 5.41) is 10.1. The van der Waals surface area contributed by atoms with E-state index in [-0.39, 0.29) is 11.1 Å². The summed E-state index contributed by atoms with van der Waals surface area (Å²) in [6.07, 6.45) is 4.11. The molecule has 4 heteroatoms. The maximum Gasteiger partial charge on any atom is 0.141 e. The van der Waals surface area contributed by atoms with Crippen molar-refractivity contribution in [2.45, 2.75) is 44.3 Å². The molecule has 2 rings (SSSR count). The minimum absolute atomic E-state index is 0.105. The minimum atomic E-state index is -0.463. The Hall–Kier alpha value is -0.640. The van der Waals surface area contributed by atoms with Crippen LogP contribution in [0.3, 0.4) is 0 Å². The van der Waals surface area contributed by atoms with Crippen molar-refractivity contribution in [2.24, 2.45) is 0 Å². The zero-order valence-electron chi connectivity index (χ0n) is 10.2. The molecule has 1 saturated heterocycles. The quantitative estimate of drug-likeness (QED) is 0.911. The van der Waals surface area contributed by atoms with E-state index in [1.165, 1.54) is 12.5 Å². The van der Waals surface area contributed by atoms with E-state index in [0.717, 1.165) is 25.0 Å². The van der Waals surface area contributed by atoms with Gasteiger partial charge in [-0.25, -0.2) is 4.39 Å². The molecule has 2 unspecified atom stereocenters. The van der Waals surface area contributed by atoms with Crippen LogP contribution >= 0.6 is 11.6 Å². The van der Waals surface area contributed by atoms with Gasteiger partial charge in [0.15, 0.2) is 0 Å². The Bertz CT molecular complexity index is 391. The molecular formula is C14H18ClFO2. The lowest BCUT2D eigenvalue weighted by Crippen LogP contribution is -2.25. The first kappa shape index (κ1) is 13.8. The van der Waals surface area contributed by atoms with Gasteiger partial charge in [-0.2, -0.15) is 0 Å². The Kier molecular flexibility index (Phi) is 4.98. The number of hydrogen-bond donors (Lipinski definition) is 1. The fourth-order valence-corrected chi connectivity index (χ4v) is 2.52. The van der Waals surface area contributed by atoms with Gasteiger partial charge in [0.1, 0.15) is 5.82 Å². The third-order valence-corrected chi connectivity index (χ3v) is 3.55. The van der Waals surface area contributed by atoms with Crippen LogP contribution in [-0.4, -0.2) is 23.9 Å². The van der Waals surface area contributed by atoms with E-state index in [0.29, 0.717) is 12.8 Å². The van der Waals surface area contributed by atoms with E-state index in [9.17, 15) is 9.50 Å². The van der Waals surface area contributed by atoms with Gasteiger partial charge < -0.3 is 9.84 Å². The predicted molar refractivity (Wildman–Crippen MR) is 69.3 cm³/mol. The van der Waals surface area contributed by atoms with Crippen LogP contribution in [-0.2, 0) is 11.2 Å². The Morgan fingerprint density at radius 2 is 2.28 bits per heavy atom. The van der Waals surface area contributed by atoms with Crippen LogP contribution in [0, 0.1) is 5.82 Å². The lowest BCUT2D eigenvalue weighted by atomic mass is 9.99. The molecular weight excluding hydrogens is 255 g/mol. The number of rotatable bonds is 4. The number of halogens is 2. The van der Waals surface area contributed by atoms with Gasteiger partial charge in [-0.05, 0) is 49.8 Å². The van der Waals surface area contributed by atoms with E-state index in [1.807, 2.05) is 0 Å². The molecule has 0 aliphatic carbocycles. The monoisotopic (exact) mass is 272 g/mol. The third-order valence-electron chi connectivity index (χ3n) is 3.26. The molecule has 2 atom stereocenters. The van der Waals surface area contributed by atoms with Crippen molar-refractivity contribution in [3.8, 4) is 0 Å². The van der Waals surface area contributed by atoms with Gasteiger partial charge in [-0.15, -0.1) is 0 Å². The standard InChI is InChI=1S/C14H18ClFO2/c15-13-8-10(4-5-14(13)16)7-11(17)9-12-3-1-2-6-18-12/h4-5,8,11-12,17H,1-3,6-7,9H2.